The van der Waals surface area contributed by atoms with Crippen LogP contribution in [-0.2, 0) is 20.7 Å². The summed E-state index contributed by atoms with van der Waals surface area (Å²) in [6.07, 6.45) is 0.902. The van der Waals surface area contributed by atoms with Crippen molar-refractivity contribution in [2.75, 3.05) is 19.5 Å². The predicted molar refractivity (Wildman–Crippen MR) is 110 cm³/mol. The van der Waals surface area contributed by atoms with E-state index in [0.717, 1.165) is 0 Å². The molecule has 1 amide bonds. The summed E-state index contributed by atoms with van der Waals surface area (Å²) in [5.74, 6) is -1.32. The van der Waals surface area contributed by atoms with E-state index < -0.39 is 11.9 Å². The third kappa shape index (κ3) is 5.75. The summed E-state index contributed by atoms with van der Waals surface area (Å²) in [5.41, 5.74) is 1.08. The van der Waals surface area contributed by atoms with Gasteiger partial charge in [0.1, 0.15) is 5.82 Å². The molecule has 0 unspecified atom stereocenters. The molecule has 0 aliphatic carbocycles. The summed E-state index contributed by atoms with van der Waals surface area (Å²) >= 11 is 0. The van der Waals surface area contributed by atoms with Crippen molar-refractivity contribution in [1.29, 1.82) is 0 Å². The predicted octanol–water partition coefficient (Wildman–Crippen LogP) is 3.41. The van der Waals surface area contributed by atoms with E-state index in [1.54, 1.807) is 12.1 Å². The number of halogens is 1. The molecule has 10 heteroatoms. The quantitative estimate of drug-likeness (QED) is 0.528. The Bertz CT molecular complexity index is 1090. The van der Waals surface area contributed by atoms with E-state index in [9.17, 15) is 18.8 Å². The fourth-order valence-electron chi connectivity index (χ4n) is 2.87. The van der Waals surface area contributed by atoms with Gasteiger partial charge < -0.3 is 19.3 Å². The zero-order chi connectivity index (χ0) is 23.1. The number of nitrogens with zero attached hydrogens (tertiary/aromatic N) is 2. The van der Waals surface area contributed by atoms with Crippen molar-refractivity contribution in [2.45, 2.75) is 19.3 Å². The molecule has 0 spiro atoms. The number of anilines is 1. The highest BCUT2D eigenvalue weighted by Gasteiger charge is 2.15. The fourth-order valence-corrected chi connectivity index (χ4v) is 2.87. The highest BCUT2D eigenvalue weighted by molar-refractivity contribution is 5.99. The minimum atomic E-state index is -0.653. The van der Waals surface area contributed by atoms with Crippen LogP contribution in [-0.4, -0.2) is 42.2 Å². The Labute approximate surface area is 182 Å². The molecule has 0 bridgehead atoms. The van der Waals surface area contributed by atoms with Gasteiger partial charge in [-0.3, -0.25) is 4.79 Å². The molecule has 0 aliphatic rings. The van der Waals surface area contributed by atoms with Crippen LogP contribution in [0.15, 0.2) is 47.0 Å². The first-order chi connectivity index (χ1) is 15.4. The van der Waals surface area contributed by atoms with Gasteiger partial charge in [0.25, 0.3) is 0 Å². The standard InChI is InChI=1S/C22H20FN3O6/c1-30-21(28)14-10-15(22(29)31-2)12-17(11-14)24-18(27)4-3-5-19-25-20(26-32-19)13-6-8-16(23)9-7-13/h6-12H,3-5H2,1-2H3,(H,24,27). The summed E-state index contributed by atoms with van der Waals surface area (Å²) in [6.45, 7) is 0. The molecule has 3 aromatic rings. The van der Waals surface area contributed by atoms with Gasteiger partial charge >= 0.3 is 11.9 Å². The number of rotatable bonds is 8. The van der Waals surface area contributed by atoms with Crippen LogP contribution in [0.5, 0.6) is 0 Å². The number of carbonyl (C=O) groups is 3. The van der Waals surface area contributed by atoms with Gasteiger partial charge in [0.15, 0.2) is 0 Å². The number of amides is 1. The van der Waals surface area contributed by atoms with Crippen molar-refractivity contribution >= 4 is 23.5 Å². The van der Waals surface area contributed by atoms with E-state index in [0.29, 0.717) is 30.1 Å². The molecule has 1 heterocycles. The highest BCUT2D eigenvalue weighted by Crippen LogP contribution is 2.19. The van der Waals surface area contributed by atoms with E-state index in [1.807, 2.05) is 0 Å². The van der Waals surface area contributed by atoms with Gasteiger partial charge in [-0.2, -0.15) is 4.98 Å². The van der Waals surface area contributed by atoms with Crippen LogP contribution < -0.4 is 5.32 Å². The molecule has 0 radical (unpaired) electrons. The second-order valence-electron chi connectivity index (χ2n) is 6.70. The molecular formula is C22H20FN3O6. The maximum absolute atomic E-state index is 13.0. The minimum absolute atomic E-state index is 0.102. The van der Waals surface area contributed by atoms with Crippen LogP contribution in [0, 0.1) is 5.82 Å². The van der Waals surface area contributed by atoms with E-state index in [4.69, 9.17) is 4.52 Å². The second kappa shape index (κ2) is 10.3. The average Bonchev–Trinajstić information content (AvgIpc) is 3.27. The lowest BCUT2D eigenvalue weighted by Gasteiger charge is -2.09. The number of aromatic nitrogens is 2. The molecule has 166 valence electrons. The van der Waals surface area contributed by atoms with Crippen molar-refractivity contribution in [2.24, 2.45) is 0 Å². The van der Waals surface area contributed by atoms with Crippen LogP contribution in [0.2, 0.25) is 0 Å². The number of hydrogen-bond acceptors (Lipinski definition) is 8. The van der Waals surface area contributed by atoms with Gasteiger partial charge in [0, 0.05) is 24.1 Å². The molecule has 1 aromatic heterocycles. The Kier molecular flexibility index (Phi) is 7.27. The van der Waals surface area contributed by atoms with Gasteiger partial charge in [0.05, 0.1) is 25.3 Å². The van der Waals surface area contributed by atoms with Crippen LogP contribution in [0.1, 0.15) is 39.4 Å². The normalized spacial score (nSPS) is 10.5. The smallest absolute Gasteiger partial charge is 0.337 e. The van der Waals surface area contributed by atoms with Crippen molar-refractivity contribution in [1.82, 2.24) is 10.1 Å². The fraction of sp³-hybridized carbons (Fsp3) is 0.227. The molecule has 0 atom stereocenters. The molecule has 0 saturated heterocycles. The Balaban J connectivity index is 1.58. The lowest BCUT2D eigenvalue weighted by atomic mass is 10.1. The van der Waals surface area contributed by atoms with Gasteiger partial charge in [-0.25, -0.2) is 14.0 Å². The molecule has 3 rings (SSSR count). The minimum Gasteiger partial charge on any atom is -0.465 e. The molecule has 0 fully saturated rings. The maximum atomic E-state index is 13.0. The molecular weight excluding hydrogens is 421 g/mol. The monoisotopic (exact) mass is 441 g/mol. The van der Waals surface area contributed by atoms with Crippen molar-refractivity contribution < 1.29 is 32.8 Å². The number of aryl methyl sites for hydroxylation is 1. The summed E-state index contributed by atoms with van der Waals surface area (Å²) in [6, 6.07) is 9.83. The molecule has 9 nitrogen and oxygen atoms in total. The third-order valence-corrected chi connectivity index (χ3v) is 4.42. The van der Waals surface area contributed by atoms with Crippen LogP contribution in [0.4, 0.5) is 10.1 Å². The Morgan fingerprint density at radius 3 is 2.22 bits per heavy atom. The van der Waals surface area contributed by atoms with Gasteiger partial charge in [-0.1, -0.05) is 5.16 Å². The highest BCUT2D eigenvalue weighted by atomic mass is 19.1. The number of ether oxygens (including phenoxy) is 2. The van der Waals surface area contributed by atoms with Gasteiger partial charge in [-0.05, 0) is 48.9 Å². The maximum Gasteiger partial charge on any atom is 0.337 e. The van der Waals surface area contributed by atoms with E-state index in [1.165, 1.54) is 44.6 Å². The molecule has 0 aliphatic heterocycles. The Hall–Kier alpha value is -4.08. The average molecular weight is 441 g/mol. The van der Waals surface area contributed by atoms with E-state index in [-0.39, 0.29) is 35.0 Å². The van der Waals surface area contributed by atoms with Crippen LogP contribution in [0.25, 0.3) is 11.4 Å². The zero-order valence-corrected chi connectivity index (χ0v) is 17.4. The number of nitrogens with one attached hydrogen (secondary N) is 1. The first kappa shape index (κ1) is 22.6. The second-order valence-corrected chi connectivity index (χ2v) is 6.70. The largest absolute Gasteiger partial charge is 0.465 e. The Morgan fingerprint density at radius 1 is 1.00 bits per heavy atom. The third-order valence-electron chi connectivity index (χ3n) is 4.42. The lowest BCUT2D eigenvalue weighted by molar-refractivity contribution is -0.116. The van der Waals surface area contributed by atoms with E-state index in [2.05, 4.69) is 24.9 Å². The first-order valence-corrected chi connectivity index (χ1v) is 9.59. The summed E-state index contributed by atoms with van der Waals surface area (Å²) in [4.78, 5) is 40.2. The van der Waals surface area contributed by atoms with Crippen molar-refractivity contribution in [3.63, 3.8) is 0 Å². The summed E-state index contributed by atoms with van der Waals surface area (Å²) < 4.78 is 27.5. The van der Waals surface area contributed by atoms with E-state index >= 15 is 0 Å². The zero-order valence-electron chi connectivity index (χ0n) is 17.4. The Morgan fingerprint density at radius 2 is 1.62 bits per heavy atom. The number of methoxy groups -OCH3 is 2. The van der Waals surface area contributed by atoms with Gasteiger partial charge in [-0.15, -0.1) is 0 Å². The first-order valence-electron chi connectivity index (χ1n) is 9.59. The molecule has 2 aromatic carbocycles. The molecule has 32 heavy (non-hydrogen) atoms. The number of esters is 2. The lowest BCUT2D eigenvalue weighted by Crippen LogP contribution is -2.14. The van der Waals surface area contributed by atoms with Crippen molar-refractivity contribution in [3.8, 4) is 11.4 Å². The number of hydrogen-bond donors (Lipinski definition) is 1. The topological polar surface area (TPSA) is 121 Å². The van der Waals surface area contributed by atoms with Crippen LogP contribution >= 0.6 is 0 Å². The summed E-state index contributed by atoms with van der Waals surface area (Å²) in [7, 11) is 2.43. The number of carbonyl (C=O) groups excluding carboxylic acids is 3. The van der Waals surface area contributed by atoms with Gasteiger partial charge in [0.2, 0.25) is 17.6 Å². The summed E-state index contributed by atoms with van der Waals surface area (Å²) in [5, 5.41) is 6.50. The van der Waals surface area contributed by atoms with Crippen molar-refractivity contribution in [3.05, 3.63) is 65.3 Å². The SMILES string of the molecule is COC(=O)c1cc(NC(=O)CCCc2nc(-c3ccc(F)cc3)no2)cc(C(=O)OC)c1. The molecule has 1 N–H and O–H groups in total. The number of benzene rings is 2. The van der Waals surface area contributed by atoms with Crippen LogP contribution in [0.3, 0.4) is 0 Å². The molecule has 0 saturated carbocycles.